The molecule has 1 aromatic heterocycles. The van der Waals surface area contributed by atoms with Gasteiger partial charge in [-0.1, -0.05) is 37.3 Å². The number of nitrogens with one attached hydrogen (secondary N) is 1. The number of hydrogen-bond acceptors (Lipinski definition) is 2. The van der Waals surface area contributed by atoms with Gasteiger partial charge in [0.1, 0.15) is 0 Å². The monoisotopic (exact) mass is 254 g/mol. The molecule has 2 rings (SSSR count). The maximum atomic E-state index is 4.58. The van der Waals surface area contributed by atoms with E-state index in [1.54, 1.807) is 0 Å². The van der Waals surface area contributed by atoms with Crippen LogP contribution in [0.2, 0.25) is 0 Å². The summed E-state index contributed by atoms with van der Waals surface area (Å²) in [5, 5.41) is 3.41. The van der Waals surface area contributed by atoms with Crippen molar-refractivity contribution in [3.63, 3.8) is 0 Å². The molecule has 2 aromatic rings. The van der Waals surface area contributed by atoms with Crippen molar-refractivity contribution < 1.29 is 0 Å². The second kappa shape index (κ2) is 6.48. The number of likely N-dealkylation sites (N-methyl/N-ethyl adjacent to an activating group) is 1. The molecule has 19 heavy (non-hydrogen) atoms. The van der Waals surface area contributed by atoms with Gasteiger partial charge in [0.05, 0.1) is 11.7 Å². The molecule has 2 heteroatoms. The molecule has 0 amide bonds. The first-order valence-corrected chi connectivity index (χ1v) is 6.91. The van der Waals surface area contributed by atoms with Crippen LogP contribution in [-0.2, 0) is 12.8 Å². The molecule has 100 valence electrons. The van der Waals surface area contributed by atoms with Crippen LogP contribution in [0.4, 0.5) is 0 Å². The topological polar surface area (TPSA) is 24.9 Å². The molecule has 0 bridgehead atoms. The van der Waals surface area contributed by atoms with Crippen LogP contribution in [0.15, 0.2) is 42.6 Å². The lowest BCUT2D eigenvalue weighted by Crippen LogP contribution is -2.21. The van der Waals surface area contributed by atoms with E-state index in [1.807, 2.05) is 19.3 Å². The summed E-state index contributed by atoms with van der Waals surface area (Å²) < 4.78 is 0. The maximum Gasteiger partial charge on any atom is 0.0608 e. The summed E-state index contributed by atoms with van der Waals surface area (Å²) in [6.45, 7) is 4.35. The number of aryl methyl sites for hydroxylation is 2. The number of rotatable bonds is 5. The van der Waals surface area contributed by atoms with Crippen LogP contribution in [0, 0.1) is 6.92 Å². The summed E-state index contributed by atoms with van der Waals surface area (Å²) in [7, 11) is 2.01. The predicted molar refractivity (Wildman–Crippen MR) is 80.3 cm³/mol. The van der Waals surface area contributed by atoms with Gasteiger partial charge in [0.25, 0.3) is 0 Å². The molecule has 0 saturated heterocycles. The fraction of sp³-hybridized carbons (Fsp3) is 0.353. The molecular weight excluding hydrogens is 232 g/mol. The van der Waals surface area contributed by atoms with Crippen molar-refractivity contribution in [2.24, 2.45) is 0 Å². The number of nitrogens with zero attached hydrogens (tertiary/aromatic N) is 1. The van der Waals surface area contributed by atoms with Gasteiger partial charge >= 0.3 is 0 Å². The molecule has 1 N–H and O–H groups in total. The molecule has 0 aliphatic rings. The summed E-state index contributed by atoms with van der Waals surface area (Å²) in [5.41, 5.74) is 5.23. The summed E-state index contributed by atoms with van der Waals surface area (Å²) in [6, 6.07) is 13.0. The van der Waals surface area contributed by atoms with Crippen LogP contribution < -0.4 is 5.32 Å². The van der Waals surface area contributed by atoms with E-state index >= 15 is 0 Å². The molecule has 1 aromatic carbocycles. The van der Waals surface area contributed by atoms with Crippen LogP contribution in [0.5, 0.6) is 0 Å². The molecule has 1 atom stereocenters. The predicted octanol–water partition coefficient (Wildman–Crippen LogP) is 3.46. The number of hydrogen-bond donors (Lipinski definition) is 1. The van der Waals surface area contributed by atoms with Gasteiger partial charge in [0.15, 0.2) is 0 Å². The average Bonchev–Trinajstić information content (AvgIpc) is 2.46. The zero-order valence-corrected chi connectivity index (χ0v) is 12.0. The molecule has 2 nitrogen and oxygen atoms in total. The van der Waals surface area contributed by atoms with E-state index in [2.05, 4.69) is 54.5 Å². The summed E-state index contributed by atoms with van der Waals surface area (Å²) in [4.78, 5) is 4.58. The van der Waals surface area contributed by atoms with E-state index in [0.717, 1.165) is 12.8 Å². The van der Waals surface area contributed by atoms with Crippen LogP contribution in [0.3, 0.4) is 0 Å². The van der Waals surface area contributed by atoms with Crippen LogP contribution >= 0.6 is 0 Å². The average molecular weight is 254 g/mol. The summed E-state index contributed by atoms with van der Waals surface area (Å²) in [6.07, 6.45) is 3.89. The fourth-order valence-electron chi connectivity index (χ4n) is 2.46. The maximum absolute atomic E-state index is 4.58. The third kappa shape index (κ3) is 3.21. The summed E-state index contributed by atoms with van der Waals surface area (Å²) >= 11 is 0. The second-order valence-corrected chi connectivity index (χ2v) is 4.87. The van der Waals surface area contributed by atoms with Crippen molar-refractivity contribution >= 4 is 0 Å². The van der Waals surface area contributed by atoms with Crippen LogP contribution in [-0.4, -0.2) is 12.0 Å². The first kappa shape index (κ1) is 13.8. The van der Waals surface area contributed by atoms with Gasteiger partial charge in [0.2, 0.25) is 0 Å². The molecule has 0 radical (unpaired) electrons. The first-order chi connectivity index (χ1) is 9.26. The van der Waals surface area contributed by atoms with E-state index in [0.29, 0.717) is 0 Å². The number of benzene rings is 1. The molecule has 0 fully saturated rings. The Hall–Kier alpha value is -1.67. The van der Waals surface area contributed by atoms with Gasteiger partial charge in [-0.2, -0.15) is 0 Å². The van der Waals surface area contributed by atoms with Gasteiger partial charge in [-0.3, -0.25) is 4.98 Å². The smallest absolute Gasteiger partial charge is 0.0608 e. The van der Waals surface area contributed by atoms with E-state index in [1.165, 1.54) is 22.4 Å². The molecule has 1 heterocycles. The first-order valence-electron chi connectivity index (χ1n) is 6.91. The van der Waals surface area contributed by atoms with Gasteiger partial charge in [0, 0.05) is 6.20 Å². The lowest BCUT2D eigenvalue weighted by Gasteiger charge is -2.19. The van der Waals surface area contributed by atoms with Crippen molar-refractivity contribution in [1.82, 2.24) is 10.3 Å². The van der Waals surface area contributed by atoms with E-state index in [4.69, 9.17) is 0 Å². The van der Waals surface area contributed by atoms with Crippen LogP contribution in [0.1, 0.15) is 35.3 Å². The zero-order valence-electron chi connectivity index (χ0n) is 12.0. The minimum absolute atomic E-state index is 0.275. The highest BCUT2D eigenvalue weighted by atomic mass is 14.9. The second-order valence-electron chi connectivity index (χ2n) is 4.87. The molecule has 0 aliphatic heterocycles. The third-order valence-electron chi connectivity index (χ3n) is 3.67. The highest BCUT2D eigenvalue weighted by molar-refractivity contribution is 5.30. The number of pyridine rings is 1. The van der Waals surface area contributed by atoms with Crippen molar-refractivity contribution in [2.75, 3.05) is 7.05 Å². The van der Waals surface area contributed by atoms with Gasteiger partial charge < -0.3 is 5.32 Å². The Balaban J connectivity index is 2.28. The fourth-order valence-corrected chi connectivity index (χ4v) is 2.46. The molecule has 0 spiro atoms. The van der Waals surface area contributed by atoms with Gasteiger partial charge in [-0.05, 0) is 49.6 Å². The Bertz CT molecular complexity index is 534. The molecule has 0 aliphatic carbocycles. The Kier molecular flexibility index (Phi) is 4.69. The van der Waals surface area contributed by atoms with E-state index in [-0.39, 0.29) is 6.04 Å². The SMILES string of the molecule is CCc1cccnc1C(Cc1ccccc1C)NC. The van der Waals surface area contributed by atoms with Gasteiger partial charge in [-0.15, -0.1) is 0 Å². The normalized spacial score (nSPS) is 12.4. The molecule has 1 unspecified atom stereocenters. The lowest BCUT2D eigenvalue weighted by molar-refractivity contribution is 0.568. The zero-order chi connectivity index (χ0) is 13.7. The lowest BCUT2D eigenvalue weighted by atomic mass is 9.96. The Morgan fingerprint density at radius 1 is 1.11 bits per heavy atom. The molecular formula is C17H22N2. The van der Waals surface area contributed by atoms with Crippen molar-refractivity contribution in [1.29, 1.82) is 0 Å². The van der Waals surface area contributed by atoms with Crippen molar-refractivity contribution in [2.45, 2.75) is 32.7 Å². The molecule has 0 saturated carbocycles. The highest BCUT2D eigenvalue weighted by Gasteiger charge is 2.15. The van der Waals surface area contributed by atoms with Gasteiger partial charge in [-0.25, -0.2) is 0 Å². The Morgan fingerprint density at radius 3 is 2.53 bits per heavy atom. The quantitative estimate of drug-likeness (QED) is 0.884. The minimum Gasteiger partial charge on any atom is -0.311 e. The van der Waals surface area contributed by atoms with Crippen LogP contribution in [0.25, 0.3) is 0 Å². The number of aromatic nitrogens is 1. The summed E-state index contributed by atoms with van der Waals surface area (Å²) in [5.74, 6) is 0. The highest BCUT2D eigenvalue weighted by Crippen LogP contribution is 2.21. The largest absolute Gasteiger partial charge is 0.311 e. The van der Waals surface area contributed by atoms with E-state index in [9.17, 15) is 0 Å². The van der Waals surface area contributed by atoms with Crippen molar-refractivity contribution in [3.05, 3.63) is 65.0 Å². The third-order valence-corrected chi connectivity index (χ3v) is 3.67. The standard InChI is InChI=1S/C17H22N2/c1-4-14-10-7-11-19-17(14)16(18-3)12-15-9-6-5-8-13(15)2/h5-11,16,18H,4,12H2,1-3H3. The van der Waals surface area contributed by atoms with E-state index < -0.39 is 0 Å². The Labute approximate surface area is 115 Å². The van der Waals surface area contributed by atoms with Crippen molar-refractivity contribution in [3.8, 4) is 0 Å². The Morgan fingerprint density at radius 2 is 1.84 bits per heavy atom. The minimum atomic E-state index is 0.275.